The van der Waals surface area contributed by atoms with Gasteiger partial charge in [-0.25, -0.2) is 18.2 Å². The number of rotatable bonds is 5. The van der Waals surface area contributed by atoms with Crippen LogP contribution >= 0.6 is 0 Å². The van der Waals surface area contributed by atoms with Crippen molar-refractivity contribution in [3.63, 3.8) is 0 Å². The molecule has 2 heterocycles. The van der Waals surface area contributed by atoms with Crippen molar-refractivity contribution in [2.24, 2.45) is 5.10 Å². The van der Waals surface area contributed by atoms with Gasteiger partial charge in [0.25, 0.3) is 5.91 Å². The van der Waals surface area contributed by atoms with E-state index in [2.05, 4.69) is 5.10 Å². The van der Waals surface area contributed by atoms with Crippen LogP contribution in [0.2, 0.25) is 0 Å². The van der Waals surface area contributed by atoms with Crippen molar-refractivity contribution in [1.29, 1.82) is 0 Å². The summed E-state index contributed by atoms with van der Waals surface area (Å²) in [6.07, 6.45) is -0.635. The van der Waals surface area contributed by atoms with Gasteiger partial charge in [-0.2, -0.15) is 5.10 Å². The maximum atomic E-state index is 12.5. The van der Waals surface area contributed by atoms with Crippen LogP contribution in [-0.4, -0.2) is 67.6 Å². The van der Waals surface area contributed by atoms with E-state index >= 15 is 0 Å². The molecular formula is C19H23N3O6S. The number of likely N-dealkylation sites (N-methyl/N-ethyl adjacent to an activating group) is 1. The highest BCUT2D eigenvalue weighted by molar-refractivity contribution is 7.91. The Bertz CT molecular complexity index is 944. The van der Waals surface area contributed by atoms with Crippen LogP contribution in [0.15, 0.2) is 35.4 Å². The van der Waals surface area contributed by atoms with Crippen LogP contribution in [0.3, 0.4) is 0 Å². The molecule has 2 atom stereocenters. The SMILES string of the molecule is C[C@H](OC(=O)C1=NN([C@@H]2CCS(=O)(=O)C2)C(=O)CC1)C(=O)N(C)c1ccccc1. The van der Waals surface area contributed by atoms with Crippen LogP contribution in [0.4, 0.5) is 5.69 Å². The lowest BCUT2D eigenvalue weighted by atomic mass is 10.1. The first-order chi connectivity index (χ1) is 13.7. The number of amides is 2. The Hall–Kier alpha value is -2.75. The number of hydrogen-bond donors (Lipinski definition) is 0. The monoisotopic (exact) mass is 421 g/mol. The standard InChI is InChI=1S/C19H23N3O6S/c1-13(18(24)21(2)14-6-4-3-5-7-14)28-19(25)16-8-9-17(23)22(20-16)15-10-11-29(26,27)12-15/h3-7,13,15H,8-12H2,1-2H3/t13-,15+/m0/s1. The summed E-state index contributed by atoms with van der Waals surface area (Å²) < 4.78 is 28.6. The van der Waals surface area contributed by atoms with Gasteiger partial charge in [-0.3, -0.25) is 9.59 Å². The zero-order valence-corrected chi connectivity index (χ0v) is 17.1. The third-order valence-electron chi connectivity index (χ3n) is 4.96. The smallest absolute Gasteiger partial charge is 0.355 e. The molecule has 0 aliphatic carbocycles. The van der Waals surface area contributed by atoms with Crippen molar-refractivity contribution in [2.75, 3.05) is 23.5 Å². The Morgan fingerprint density at radius 2 is 1.93 bits per heavy atom. The first-order valence-corrected chi connectivity index (χ1v) is 11.1. The summed E-state index contributed by atoms with van der Waals surface area (Å²) in [6, 6.07) is 8.37. The number of anilines is 1. The van der Waals surface area contributed by atoms with Gasteiger partial charge < -0.3 is 9.64 Å². The molecule has 0 saturated carbocycles. The van der Waals surface area contributed by atoms with Gasteiger partial charge in [0.05, 0.1) is 17.5 Å². The predicted octanol–water partition coefficient (Wildman–Crippen LogP) is 0.747. The number of para-hydroxylation sites is 1. The van der Waals surface area contributed by atoms with Crippen LogP contribution in [0.1, 0.15) is 26.2 Å². The Balaban J connectivity index is 1.67. The van der Waals surface area contributed by atoms with Crippen LogP contribution < -0.4 is 4.90 Å². The molecule has 10 heteroatoms. The van der Waals surface area contributed by atoms with Crippen molar-refractivity contribution in [2.45, 2.75) is 38.3 Å². The van der Waals surface area contributed by atoms with E-state index in [4.69, 9.17) is 4.74 Å². The van der Waals surface area contributed by atoms with E-state index in [1.165, 1.54) is 11.8 Å². The third kappa shape index (κ3) is 4.81. The van der Waals surface area contributed by atoms with Gasteiger partial charge in [0.15, 0.2) is 15.9 Å². The molecule has 2 aliphatic rings. The van der Waals surface area contributed by atoms with Gasteiger partial charge in [0.2, 0.25) is 5.91 Å². The Morgan fingerprint density at radius 1 is 1.24 bits per heavy atom. The van der Waals surface area contributed by atoms with Gasteiger partial charge in [-0.05, 0) is 25.5 Å². The number of hydrazone groups is 1. The second kappa shape index (κ2) is 8.32. The van der Waals surface area contributed by atoms with Gasteiger partial charge in [0, 0.05) is 25.6 Å². The van der Waals surface area contributed by atoms with Crippen molar-refractivity contribution in [3.05, 3.63) is 30.3 Å². The molecular weight excluding hydrogens is 398 g/mol. The molecule has 1 saturated heterocycles. The quantitative estimate of drug-likeness (QED) is 0.648. The number of carbonyl (C=O) groups excluding carboxylic acids is 3. The molecule has 2 aliphatic heterocycles. The largest absolute Gasteiger partial charge is 0.448 e. The Labute approximate surface area is 169 Å². The highest BCUT2D eigenvalue weighted by atomic mass is 32.2. The topological polar surface area (TPSA) is 113 Å². The summed E-state index contributed by atoms with van der Waals surface area (Å²) >= 11 is 0. The second-order valence-corrected chi connectivity index (χ2v) is 9.35. The number of hydrogen-bond acceptors (Lipinski definition) is 7. The lowest BCUT2D eigenvalue weighted by Crippen LogP contribution is -2.43. The van der Waals surface area contributed by atoms with Gasteiger partial charge in [-0.1, -0.05) is 18.2 Å². The molecule has 0 unspecified atom stereocenters. The molecule has 0 aromatic heterocycles. The second-order valence-electron chi connectivity index (χ2n) is 7.12. The number of carbonyl (C=O) groups is 3. The summed E-state index contributed by atoms with van der Waals surface area (Å²) in [5, 5.41) is 5.15. The lowest BCUT2D eigenvalue weighted by molar-refractivity contribution is -0.147. The zero-order chi connectivity index (χ0) is 21.2. The number of esters is 1. The maximum Gasteiger partial charge on any atom is 0.355 e. The summed E-state index contributed by atoms with van der Waals surface area (Å²) in [7, 11) is -1.62. The minimum absolute atomic E-state index is 0.00585. The highest BCUT2D eigenvalue weighted by Gasteiger charge is 2.38. The fourth-order valence-corrected chi connectivity index (χ4v) is 4.99. The predicted molar refractivity (Wildman–Crippen MR) is 106 cm³/mol. The molecule has 0 radical (unpaired) electrons. The number of sulfone groups is 1. The number of nitrogens with zero attached hydrogens (tertiary/aromatic N) is 3. The lowest BCUT2D eigenvalue weighted by Gasteiger charge is -2.28. The summed E-state index contributed by atoms with van der Waals surface area (Å²) in [5.74, 6) is -1.69. The molecule has 1 aromatic rings. The molecule has 156 valence electrons. The van der Waals surface area contributed by atoms with E-state index in [0.29, 0.717) is 5.69 Å². The molecule has 2 amide bonds. The van der Waals surface area contributed by atoms with Crippen molar-refractivity contribution in [3.8, 4) is 0 Å². The van der Waals surface area contributed by atoms with E-state index < -0.39 is 33.9 Å². The first kappa shape index (κ1) is 21.0. The Kier molecular flexibility index (Phi) is 6.02. The first-order valence-electron chi connectivity index (χ1n) is 9.31. The average Bonchev–Trinajstić information content (AvgIpc) is 3.07. The molecule has 3 rings (SSSR count). The third-order valence-corrected chi connectivity index (χ3v) is 6.71. The van der Waals surface area contributed by atoms with Crippen molar-refractivity contribution < 1.29 is 27.5 Å². The molecule has 1 aromatic carbocycles. The van der Waals surface area contributed by atoms with E-state index in [-0.39, 0.29) is 42.4 Å². The minimum Gasteiger partial charge on any atom is -0.448 e. The van der Waals surface area contributed by atoms with Gasteiger partial charge >= 0.3 is 5.97 Å². The normalized spacial score (nSPS) is 22.0. The van der Waals surface area contributed by atoms with E-state index in [0.717, 1.165) is 5.01 Å². The summed E-state index contributed by atoms with van der Waals surface area (Å²) in [6.45, 7) is 1.47. The van der Waals surface area contributed by atoms with Crippen LogP contribution in [0.5, 0.6) is 0 Å². The van der Waals surface area contributed by atoms with Gasteiger partial charge in [-0.15, -0.1) is 0 Å². The van der Waals surface area contributed by atoms with Crippen LogP contribution in [-0.2, 0) is 29.0 Å². The van der Waals surface area contributed by atoms with Crippen molar-refractivity contribution in [1.82, 2.24) is 5.01 Å². The molecule has 0 spiro atoms. The molecule has 1 fully saturated rings. The molecule has 29 heavy (non-hydrogen) atoms. The minimum atomic E-state index is -3.20. The fourth-order valence-electron chi connectivity index (χ4n) is 3.30. The molecule has 0 N–H and O–H groups in total. The fraction of sp³-hybridized carbons (Fsp3) is 0.474. The maximum absolute atomic E-state index is 12.5. The van der Waals surface area contributed by atoms with Crippen LogP contribution in [0, 0.1) is 0 Å². The van der Waals surface area contributed by atoms with E-state index in [1.807, 2.05) is 6.07 Å². The Morgan fingerprint density at radius 3 is 2.55 bits per heavy atom. The van der Waals surface area contributed by atoms with E-state index in [1.54, 1.807) is 31.3 Å². The van der Waals surface area contributed by atoms with E-state index in [9.17, 15) is 22.8 Å². The molecule has 9 nitrogen and oxygen atoms in total. The van der Waals surface area contributed by atoms with Crippen molar-refractivity contribution >= 4 is 39.0 Å². The number of benzene rings is 1. The average molecular weight is 421 g/mol. The summed E-state index contributed by atoms with van der Waals surface area (Å²) in [4.78, 5) is 38.6. The summed E-state index contributed by atoms with van der Waals surface area (Å²) in [5.41, 5.74) is 0.672. The highest BCUT2D eigenvalue weighted by Crippen LogP contribution is 2.22. The zero-order valence-electron chi connectivity index (χ0n) is 16.3. The van der Waals surface area contributed by atoms with Crippen LogP contribution in [0.25, 0.3) is 0 Å². The number of ether oxygens (including phenoxy) is 1. The molecule has 0 bridgehead atoms. The van der Waals surface area contributed by atoms with Gasteiger partial charge in [0.1, 0.15) is 5.71 Å².